The molecule has 0 rings (SSSR count). The van der Waals surface area contributed by atoms with Crippen LogP contribution < -0.4 is 0 Å². The summed E-state index contributed by atoms with van der Waals surface area (Å²) in [5, 5.41) is 0. The molecule has 1 atom stereocenters. The molecule has 0 heterocycles. The molecule has 0 N–H and O–H groups in total. The van der Waals surface area contributed by atoms with E-state index in [0.29, 0.717) is 0 Å². The van der Waals surface area contributed by atoms with Crippen molar-refractivity contribution in [2.75, 3.05) is 7.11 Å². The number of methoxy groups -OCH3 is 1. The van der Waals surface area contributed by atoms with Gasteiger partial charge in [0.15, 0.2) is 0 Å². The first kappa shape index (κ1) is 12.6. The molecule has 0 aromatic heterocycles. The van der Waals surface area contributed by atoms with Gasteiger partial charge in [-0.1, -0.05) is 0 Å². The lowest BCUT2D eigenvalue weighted by molar-refractivity contribution is -0.153. The van der Waals surface area contributed by atoms with Gasteiger partial charge < -0.3 is 9.47 Å². The second-order valence-electron chi connectivity index (χ2n) is 2.96. The number of esters is 2. The van der Waals surface area contributed by atoms with Crippen LogP contribution in [0.25, 0.3) is 0 Å². The Hall–Kier alpha value is -1.39. The molecule has 0 saturated carbocycles. The third-order valence-corrected chi connectivity index (χ3v) is 1.41. The average molecular weight is 202 g/mol. The molecule has 80 valence electrons. The van der Waals surface area contributed by atoms with E-state index >= 15 is 0 Å². The Labute approximate surface area is 82.4 Å². The number of rotatable bonds is 5. The minimum absolute atomic E-state index is 0.000144. The maximum absolute atomic E-state index is 10.9. The van der Waals surface area contributed by atoms with Crippen LogP contribution in [0.3, 0.4) is 0 Å². The SMILES string of the molecule is COC(=O)CC(C)OC(=O)CC(C)=O. The Kier molecular flexibility index (Phi) is 5.52. The number of carbonyl (C=O) groups is 3. The zero-order valence-corrected chi connectivity index (χ0v) is 8.53. The number of hydrogen-bond donors (Lipinski definition) is 0. The summed E-state index contributed by atoms with van der Waals surface area (Å²) in [5.41, 5.74) is 0. The van der Waals surface area contributed by atoms with Crippen LogP contribution in [0.5, 0.6) is 0 Å². The summed E-state index contributed by atoms with van der Waals surface area (Å²) in [7, 11) is 1.26. The number of Topliss-reactive ketones (excluding diaryl/α,β-unsaturated/α-hetero) is 1. The van der Waals surface area contributed by atoms with E-state index in [9.17, 15) is 14.4 Å². The van der Waals surface area contributed by atoms with Crippen LogP contribution in [0, 0.1) is 0 Å². The summed E-state index contributed by atoms with van der Waals surface area (Å²) >= 11 is 0. The Morgan fingerprint density at radius 1 is 1.21 bits per heavy atom. The van der Waals surface area contributed by atoms with Crippen molar-refractivity contribution in [3.8, 4) is 0 Å². The van der Waals surface area contributed by atoms with Gasteiger partial charge in [0.2, 0.25) is 0 Å². The first-order chi connectivity index (χ1) is 6.45. The van der Waals surface area contributed by atoms with Gasteiger partial charge in [-0.05, 0) is 13.8 Å². The second kappa shape index (κ2) is 6.12. The van der Waals surface area contributed by atoms with Gasteiger partial charge >= 0.3 is 11.9 Å². The van der Waals surface area contributed by atoms with Crippen LogP contribution in [0.15, 0.2) is 0 Å². The first-order valence-corrected chi connectivity index (χ1v) is 4.21. The third-order valence-electron chi connectivity index (χ3n) is 1.41. The first-order valence-electron chi connectivity index (χ1n) is 4.21. The van der Waals surface area contributed by atoms with Crippen LogP contribution in [-0.2, 0) is 23.9 Å². The predicted octanol–water partition coefficient (Wildman–Crippen LogP) is 0.460. The van der Waals surface area contributed by atoms with Crippen molar-refractivity contribution in [2.24, 2.45) is 0 Å². The molecule has 1 unspecified atom stereocenters. The van der Waals surface area contributed by atoms with Crippen LogP contribution in [0.1, 0.15) is 26.7 Å². The van der Waals surface area contributed by atoms with Gasteiger partial charge in [0.1, 0.15) is 18.3 Å². The molecule has 0 amide bonds. The quantitative estimate of drug-likeness (QED) is 0.478. The molecule has 0 fully saturated rings. The summed E-state index contributed by atoms with van der Waals surface area (Å²) in [6, 6.07) is 0. The maximum atomic E-state index is 10.9. The molecule has 0 aliphatic carbocycles. The maximum Gasteiger partial charge on any atom is 0.313 e. The molecule has 5 nitrogen and oxygen atoms in total. The molecular weight excluding hydrogens is 188 g/mol. The smallest absolute Gasteiger partial charge is 0.313 e. The zero-order chi connectivity index (χ0) is 11.1. The molecule has 0 saturated heterocycles. The summed E-state index contributed by atoms with van der Waals surface area (Å²) in [6.45, 7) is 2.86. The Morgan fingerprint density at radius 2 is 1.79 bits per heavy atom. The highest BCUT2D eigenvalue weighted by Gasteiger charge is 2.14. The van der Waals surface area contributed by atoms with Gasteiger partial charge in [0.05, 0.1) is 13.5 Å². The van der Waals surface area contributed by atoms with Crippen LogP contribution in [0.4, 0.5) is 0 Å². The number of carbonyl (C=O) groups excluding carboxylic acids is 3. The molecule has 0 spiro atoms. The fourth-order valence-electron chi connectivity index (χ4n) is 0.829. The standard InChI is InChI=1S/C9H14O5/c1-6(10)4-9(12)14-7(2)5-8(11)13-3/h7H,4-5H2,1-3H3. The summed E-state index contributed by atoms with van der Waals surface area (Å²) in [6.07, 6.45) is -0.819. The number of ether oxygens (including phenoxy) is 2. The minimum atomic E-state index is -0.617. The van der Waals surface area contributed by atoms with Gasteiger partial charge in [-0.3, -0.25) is 14.4 Å². The van der Waals surface area contributed by atoms with Crippen LogP contribution in [-0.4, -0.2) is 30.9 Å². The van der Waals surface area contributed by atoms with Crippen molar-refractivity contribution < 1.29 is 23.9 Å². The topological polar surface area (TPSA) is 69.7 Å². The van der Waals surface area contributed by atoms with Crippen molar-refractivity contribution in [1.29, 1.82) is 0 Å². The van der Waals surface area contributed by atoms with Gasteiger partial charge in [0.25, 0.3) is 0 Å². The Morgan fingerprint density at radius 3 is 2.21 bits per heavy atom. The average Bonchev–Trinajstić information content (AvgIpc) is 2.01. The summed E-state index contributed by atoms with van der Waals surface area (Å²) in [4.78, 5) is 32.2. The van der Waals surface area contributed by atoms with Gasteiger partial charge in [0, 0.05) is 0 Å². The molecule has 0 aromatic carbocycles. The molecule has 0 aromatic rings. The molecule has 5 heteroatoms. The van der Waals surface area contributed by atoms with E-state index in [2.05, 4.69) is 4.74 Å². The number of ketones is 1. The number of hydrogen-bond acceptors (Lipinski definition) is 5. The van der Waals surface area contributed by atoms with Crippen molar-refractivity contribution in [1.82, 2.24) is 0 Å². The predicted molar refractivity (Wildman–Crippen MR) is 47.5 cm³/mol. The van der Waals surface area contributed by atoms with Crippen molar-refractivity contribution in [3.63, 3.8) is 0 Å². The Bertz CT molecular complexity index is 233. The highest BCUT2D eigenvalue weighted by Crippen LogP contribution is 2.01. The lowest BCUT2D eigenvalue weighted by Gasteiger charge is -2.10. The fourth-order valence-corrected chi connectivity index (χ4v) is 0.829. The third kappa shape index (κ3) is 6.16. The van der Waals surface area contributed by atoms with Crippen LogP contribution >= 0.6 is 0 Å². The minimum Gasteiger partial charge on any atom is -0.469 e. The molecular formula is C9H14O5. The fraction of sp³-hybridized carbons (Fsp3) is 0.667. The highest BCUT2D eigenvalue weighted by molar-refractivity contribution is 5.94. The van der Waals surface area contributed by atoms with E-state index in [-0.39, 0.29) is 18.6 Å². The lowest BCUT2D eigenvalue weighted by atomic mass is 10.3. The molecule has 0 aliphatic rings. The normalized spacial score (nSPS) is 11.6. The van der Waals surface area contributed by atoms with Gasteiger partial charge in [-0.25, -0.2) is 0 Å². The van der Waals surface area contributed by atoms with E-state index in [1.807, 2.05) is 0 Å². The summed E-state index contributed by atoms with van der Waals surface area (Å²) in [5.74, 6) is -1.33. The molecule has 0 bridgehead atoms. The second-order valence-corrected chi connectivity index (χ2v) is 2.96. The molecule has 0 aliphatic heterocycles. The van der Waals surface area contributed by atoms with E-state index in [1.54, 1.807) is 6.92 Å². The van der Waals surface area contributed by atoms with E-state index in [4.69, 9.17) is 4.74 Å². The van der Waals surface area contributed by atoms with Crippen LogP contribution in [0.2, 0.25) is 0 Å². The van der Waals surface area contributed by atoms with Gasteiger partial charge in [-0.2, -0.15) is 0 Å². The highest BCUT2D eigenvalue weighted by atomic mass is 16.6. The monoisotopic (exact) mass is 202 g/mol. The summed E-state index contributed by atoms with van der Waals surface area (Å²) < 4.78 is 9.16. The van der Waals surface area contributed by atoms with Crippen molar-refractivity contribution in [2.45, 2.75) is 32.8 Å². The largest absolute Gasteiger partial charge is 0.469 e. The molecule has 14 heavy (non-hydrogen) atoms. The zero-order valence-electron chi connectivity index (χ0n) is 8.53. The van der Waals surface area contributed by atoms with E-state index in [0.717, 1.165) is 0 Å². The van der Waals surface area contributed by atoms with E-state index in [1.165, 1.54) is 14.0 Å². The molecule has 0 radical (unpaired) electrons. The van der Waals surface area contributed by atoms with Gasteiger partial charge in [-0.15, -0.1) is 0 Å². The van der Waals surface area contributed by atoms with Crippen molar-refractivity contribution >= 4 is 17.7 Å². The van der Waals surface area contributed by atoms with Crippen molar-refractivity contribution in [3.05, 3.63) is 0 Å². The van der Waals surface area contributed by atoms with E-state index < -0.39 is 18.0 Å². The Balaban J connectivity index is 3.82. The lowest BCUT2D eigenvalue weighted by Crippen LogP contribution is -2.20.